The molecule has 0 aromatic heterocycles. The number of ether oxygens (including phenoxy) is 1. The average Bonchev–Trinajstić information content (AvgIpc) is 2.66. The van der Waals surface area contributed by atoms with Gasteiger partial charge in [0, 0.05) is 12.1 Å². The second-order valence-electron chi connectivity index (χ2n) is 5.80. The van der Waals surface area contributed by atoms with Crippen LogP contribution in [0.2, 0.25) is 0 Å². The molecule has 0 unspecified atom stereocenters. The summed E-state index contributed by atoms with van der Waals surface area (Å²) in [5.41, 5.74) is 0.587. The van der Waals surface area contributed by atoms with Crippen LogP contribution in [0.4, 0.5) is 5.69 Å². The number of rotatable bonds is 8. The standard InChI is InChI=1S/C19H18N2O6/c1-13(22)17(10-14-6-3-2-4-7-14)20-18(23)12-27-19(24)15-8-5-9-16(11-15)21(25)26/h2-9,11,17H,10,12H2,1H3,(H,20,23)/t17-/m1/s1. The van der Waals surface area contributed by atoms with Crippen LogP contribution in [0.25, 0.3) is 0 Å². The molecule has 8 nitrogen and oxygen atoms in total. The number of ketones is 1. The largest absolute Gasteiger partial charge is 0.452 e. The van der Waals surface area contributed by atoms with Gasteiger partial charge >= 0.3 is 5.97 Å². The first-order valence-corrected chi connectivity index (χ1v) is 8.12. The Morgan fingerprint density at radius 1 is 1.11 bits per heavy atom. The van der Waals surface area contributed by atoms with Crippen molar-refractivity contribution < 1.29 is 24.0 Å². The molecule has 27 heavy (non-hydrogen) atoms. The van der Waals surface area contributed by atoms with Crippen molar-refractivity contribution in [2.75, 3.05) is 6.61 Å². The molecular formula is C19H18N2O6. The number of nitrogens with zero attached hydrogens (tertiary/aromatic N) is 1. The lowest BCUT2D eigenvalue weighted by molar-refractivity contribution is -0.384. The lowest BCUT2D eigenvalue weighted by atomic mass is 10.0. The number of nitrogens with one attached hydrogen (secondary N) is 1. The Labute approximate surface area is 155 Å². The Morgan fingerprint density at radius 2 is 1.81 bits per heavy atom. The third kappa shape index (κ3) is 6.03. The van der Waals surface area contributed by atoms with E-state index in [-0.39, 0.29) is 17.0 Å². The Balaban J connectivity index is 1.92. The minimum absolute atomic E-state index is 0.0376. The van der Waals surface area contributed by atoms with Crippen LogP contribution in [0.5, 0.6) is 0 Å². The predicted octanol–water partition coefficient (Wildman–Crippen LogP) is 2.07. The first-order valence-electron chi connectivity index (χ1n) is 8.12. The molecule has 0 radical (unpaired) electrons. The van der Waals surface area contributed by atoms with Crippen molar-refractivity contribution >= 4 is 23.3 Å². The van der Waals surface area contributed by atoms with Crippen LogP contribution in [0.15, 0.2) is 54.6 Å². The second kappa shape index (κ2) is 9.23. The first kappa shape index (κ1) is 19.8. The van der Waals surface area contributed by atoms with Gasteiger partial charge < -0.3 is 10.1 Å². The highest BCUT2D eigenvalue weighted by Crippen LogP contribution is 2.13. The van der Waals surface area contributed by atoms with Gasteiger partial charge in [-0.3, -0.25) is 19.7 Å². The Hall–Kier alpha value is -3.55. The topological polar surface area (TPSA) is 116 Å². The first-order chi connectivity index (χ1) is 12.9. The van der Waals surface area contributed by atoms with Crippen molar-refractivity contribution in [2.45, 2.75) is 19.4 Å². The number of non-ortho nitro benzene ring substituents is 1. The summed E-state index contributed by atoms with van der Waals surface area (Å²) >= 11 is 0. The molecule has 0 saturated heterocycles. The molecule has 0 aliphatic carbocycles. The molecule has 1 amide bonds. The number of Topliss-reactive ketones (excluding diaryl/α,β-unsaturated/α-hetero) is 1. The van der Waals surface area contributed by atoms with Crippen molar-refractivity contribution in [1.82, 2.24) is 5.32 Å². The van der Waals surface area contributed by atoms with E-state index in [0.717, 1.165) is 11.6 Å². The molecule has 0 saturated carbocycles. The molecule has 0 bridgehead atoms. The van der Waals surface area contributed by atoms with Crippen molar-refractivity contribution in [3.8, 4) is 0 Å². The van der Waals surface area contributed by atoms with Crippen molar-refractivity contribution in [3.63, 3.8) is 0 Å². The van der Waals surface area contributed by atoms with Gasteiger partial charge in [-0.15, -0.1) is 0 Å². The molecule has 8 heteroatoms. The normalized spacial score (nSPS) is 11.3. The second-order valence-corrected chi connectivity index (χ2v) is 5.80. The minimum atomic E-state index is -0.865. The number of nitro groups is 1. The summed E-state index contributed by atoms with van der Waals surface area (Å²) in [6.45, 7) is 0.767. The number of amides is 1. The van der Waals surface area contributed by atoms with Gasteiger partial charge in [0.1, 0.15) is 0 Å². The minimum Gasteiger partial charge on any atom is -0.452 e. The summed E-state index contributed by atoms with van der Waals surface area (Å²) in [4.78, 5) is 45.8. The fourth-order valence-electron chi connectivity index (χ4n) is 2.34. The molecule has 2 aromatic carbocycles. The molecule has 0 fully saturated rings. The molecule has 2 aromatic rings. The fourth-order valence-corrected chi connectivity index (χ4v) is 2.34. The zero-order valence-corrected chi connectivity index (χ0v) is 14.6. The van der Waals surface area contributed by atoms with E-state index < -0.39 is 29.4 Å². The van der Waals surface area contributed by atoms with Gasteiger partial charge in [0.05, 0.1) is 16.5 Å². The summed E-state index contributed by atoms with van der Waals surface area (Å²) in [7, 11) is 0. The average molecular weight is 370 g/mol. The van der Waals surface area contributed by atoms with E-state index in [4.69, 9.17) is 4.74 Å². The highest BCUT2D eigenvalue weighted by Gasteiger charge is 2.19. The third-order valence-corrected chi connectivity index (χ3v) is 3.74. The molecule has 0 heterocycles. The molecule has 1 N–H and O–H groups in total. The van der Waals surface area contributed by atoms with E-state index in [2.05, 4.69) is 5.32 Å². The molecule has 140 valence electrons. The summed E-state index contributed by atoms with van der Waals surface area (Å²) in [6, 6.07) is 13.4. The van der Waals surface area contributed by atoms with Crippen molar-refractivity contribution in [1.29, 1.82) is 0 Å². The quantitative estimate of drug-likeness (QED) is 0.432. The lowest BCUT2D eigenvalue weighted by Gasteiger charge is -2.16. The number of benzene rings is 2. The Kier molecular flexibility index (Phi) is 6.76. The fraction of sp³-hybridized carbons (Fsp3) is 0.211. The Morgan fingerprint density at radius 3 is 2.44 bits per heavy atom. The number of carbonyl (C=O) groups excluding carboxylic acids is 3. The molecule has 2 rings (SSSR count). The van der Waals surface area contributed by atoms with Gasteiger partial charge in [-0.05, 0) is 25.0 Å². The van der Waals surface area contributed by atoms with Crippen LogP contribution >= 0.6 is 0 Å². The summed E-state index contributed by atoms with van der Waals surface area (Å²) in [5.74, 6) is -1.72. The SMILES string of the molecule is CC(=O)[C@@H](Cc1ccccc1)NC(=O)COC(=O)c1cccc([N+](=O)[O-])c1. The molecule has 0 aliphatic rings. The number of carbonyl (C=O) groups is 3. The van der Waals surface area contributed by atoms with Gasteiger partial charge in [-0.25, -0.2) is 4.79 Å². The molecule has 0 spiro atoms. The van der Waals surface area contributed by atoms with Gasteiger partial charge in [0.25, 0.3) is 11.6 Å². The van der Waals surface area contributed by atoms with Crippen LogP contribution in [0, 0.1) is 10.1 Å². The van der Waals surface area contributed by atoms with Gasteiger partial charge in [-0.1, -0.05) is 36.4 Å². The zero-order valence-electron chi connectivity index (χ0n) is 14.6. The number of nitro benzene ring substituents is 1. The van der Waals surface area contributed by atoms with Gasteiger partial charge in [0.15, 0.2) is 12.4 Å². The zero-order chi connectivity index (χ0) is 19.8. The van der Waals surface area contributed by atoms with E-state index in [1.165, 1.54) is 25.1 Å². The predicted molar refractivity (Wildman–Crippen MR) is 96.1 cm³/mol. The Bertz CT molecular complexity index is 850. The van der Waals surface area contributed by atoms with Crippen molar-refractivity contribution in [2.24, 2.45) is 0 Å². The smallest absolute Gasteiger partial charge is 0.338 e. The van der Waals surface area contributed by atoms with E-state index in [1.54, 1.807) is 0 Å². The molecule has 1 atom stereocenters. The van der Waals surface area contributed by atoms with Crippen LogP contribution < -0.4 is 5.32 Å². The highest BCUT2D eigenvalue weighted by molar-refractivity contribution is 5.93. The number of hydrogen-bond donors (Lipinski definition) is 1. The van der Waals surface area contributed by atoms with Crippen molar-refractivity contribution in [3.05, 3.63) is 75.8 Å². The van der Waals surface area contributed by atoms with E-state index in [9.17, 15) is 24.5 Å². The van der Waals surface area contributed by atoms with E-state index >= 15 is 0 Å². The number of hydrogen-bond acceptors (Lipinski definition) is 6. The van der Waals surface area contributed by atoms with Crippen LogP contribution in [-0.4, -0.2) is 35.2 Å². The monoisotopic (exact) mass is 370 g/mol. The van der Waals surface area contributed by atoms with Crippen LogP contribution in [0.1, 0.15) is 22.8 Å². The maximum Gasteiger partial charge on any atom is 0.338 e. The maximum absolute atomic E-state index is 12.0. The highest BCUT2D eigenvalue weighted by atomic mass is 16.6. The molecular weight excluding hydrogens is 352 g/mol. The summed E-state index contributed by atoms with van der Waals surface area (Å²) in [5, 5.41) is 13.3. The van der Waals surface area contributed by atoms with E-state index in [1.807, 2.05) is 30.3 Å². The maximum atomic E-state index is 12.0. The number of esters is 1. The molecule has 0 aliphatic heterocycles. The third-order valence-electron chi connectivity index (χ3n) is 3.74. The summed E-state index contributed by atoms with van der Waals surface area (Å²) in [6.07, 6.45) is 0.320. The van der Waals surface area contributed by atoms with Crippen LogP contribution in [0.3, 0.4) is 0 Å². The summed E-state index contributed by atoms with van der Waals surface area (Å²) < 4.78 is 4.87. The van der Waals surface area contributed by atoms with Crippen LogP contribution in [-0.2, 0) is 20.7 Å². The van der Waals surface area contributed by atoms with E-state index in [0.29, 0.717) is 6.42 Å². The van der Waals surface area contributed by atoms with Gasteiger partial charge in [-0.2, -0.15) is 0 Å². The lowest BCUT2D eigenvalue weighted by Crippen LogP contribution is -2.43. The van der Waals surface area contributed by atoms with Gasteiger partial charge in [0.2, 0.25) is 0 Å².